The average molecular weight is 984 g/mol. The van der Waals surface area contributed by atoms with E-state index in [1.54, 1.807) is 4.40 Å². The van der Waals surface area contributed by atoms with Gasteiger partial charge in [-0.25, -0.2) is 0 Å². The molecule has 3 aromatic carbocycles. The van der Waals surface area contributed by atoms with Gasteiger partial charge in [0.25, 0.3) is 0 Å². The van der Waals surface area contributed by atoms with E-state index in [2.05, 4.69) is 106 Å². The average Bonchev–Trinajstić information content (AvgIpc) is 3.49. The number of aliphatic hydroxyl groups excluding tert-OH is 1. The Labute approximate surface area is 347 Å². The molecule has 0 unspecified atom stereocenters. The molecule has 0 amide bonds. The van der Waals surface area contributed by atoms with Crippen LogP contribution in [0.15, 0.2) is 72.6 Å². The molecule has 0 bridgehead atoms. The van der Waals surface area contributed by atoms with Gasteiger partial charge in [-0.3, -0.25) is 4.79 Å². The second kappa shape index (κ2) is 19.0. The first-order valence-corrected chi connectivity index (χ1v) is 28.1. The zero-order valence-electron chi connectivity index (χ0n) is 35.2. The minimum Gasteiger partial charge on any atom is -0.0959 e. The molecule has 0 aliphatic heterocycles. The molecule has 293 valence electrons. The van der Waals surface area contributed by atoms with E-state index in [1.165, 1.54) is 54.1 Å². The predicted octanol–water partition coefficient (Wildman–Crippen LogP) is 14.3. The summed E-state index contributed by atoms with van der Waals surface area (Å²) in [5, 5.41) is 13.9. The Morgan fingerprint density at radius 2 is 1.48 bits per heavy atom. The molecular weight excluding hydrogens is 919 g/mol. The predicted molar refractivity (Wildman–Crippen MR) is 236 cm³/mol. The minimum atomic E-state index is -1.86. The molecule has 0 spiro atoms. The van der Waals surface area contributed by atoms with Gasteiger partial charge in [0, 0.05) is 37.0 Å². The van der Waals surface area contributed by atoms with Crippen LogP contribution in [0.5, 0.6) is 0 Å². The van der Waals surface area contributed by atoms with E-state index in [-0.39, 0.29) is 42.5 Å². The van der Waals surface area contributed by atoms with Gasteiger partial charge in [-0.05, 0) is 25.7 Å². The smallest absolute Gasteiger partial charge is 0.0959 e. The van der Waals surface area contributed by atoms with Crippen LogP contribution in [0, 0.1) is 30.7 Å². The van der Waals surface area contributed by atoms with Crippen molar-refractivity contribution in [2.45, 2.75) is 131 Å². The third-order valence-corrected chi connectivity index (χ3v) is 17.9. The Kier molecular flexibility index (Phi) is 16.2. The molecule has 0 saturated heterocycles. The number of carbonyl (C=O) groups excluding carboxylic acids is 1. The van der Waals surface area contributed by atoms with Crippen molar-refractivity contribution in [2.24, 2.45) is 10.8 Å². The number of thiophene rings is 1. The summed E-state index contributed by atoms with van der Waals surface area (Å²) in [4.78, 5) is 18.5. The first kappa shape index (κ1) is 45.8. The van der Waals surface area contributed by atoms with E-state index in [0.29, 0.717) is 5.92 Å². The van der Waals surface area contributed by atoms with Gasteiger partial charge in [-0.2, -0.15) is 0 Å². The summed E-state index contributed by atoms with van der Waals surface area (Å²) in [6.45, 7) is 21.2. The van der Waals surface area contributed by atoms with Gasteiger partial charge in [-0.15, -0.1) is 0 Å². The van der Waals surface area contributed by atoms with Crippen LogP contribution in [-0.2, 0) is 24.9 Å². The van der Waals surface area contributed by atoms with Gasteiger partial charge in [0.05, 0.1) is 0 Å². The van der Waals surface area contributed by atoms with Gasteiger partial charge < -0.3 is 5.11 Å². The van der Waals surface area contributed by atoms with E-state index < -0.39 is 13.3 Å². The van der Waals surface area contributed by atoms with Gasteiger partial charge >= 0.3 is 179 Å². The zero-order valence-corrected chi connectivity index (χ0v) is 40.5. The van der Waals surface area contributed by atoms with Crippen molar-refractivity contribution < 1.29 is 30.0 Å². The van der Waals surface area contributed by atoms with Crippen molar-refractivity contribution in [2.75, 3.05) is 0 Å². The molecule has 3 nitrogen and oxygen atoms in total. The van der Waals surface area contributed by atoms with Crippen LogP contribution < -0.4 is 4.40 Å². The summed E-state index contributed by atoms with van der Waals surface area (Å²) in [5.41, 5.74) is 7.09. The number of ketones is 1. The fraction of sp³-hybridized carbons (Fsp3) is 0.458. The first-order chi connectivity index (χ1) is 25.0. The van der Waals surface area contributed by atoms with Crippen LogP contribution in [0.1, 0.15) is 117 Å². The van der Waals surface area contributed by atoms with E-state index in [1.807, 2.05) is 59.1 Å². The van der Waals surface area contributed by atoms with Crippen molar-refractivity contribution in [1.82, 2.24) is 4.98 Å². The quantitative estimate of drug-likeness (QED) is 0.0553. The van der Waals surface area contributed by atoms with Gasteiger partial charge in [0.2, 0.25) is 0 Å². The fourth-order valence-electron chi connectivity index (χ4n) is 7.12. The number of fused-ring (bicyclic) bond motifs is 2. The van der Waals surface area contributed by atoms with Crippen LogP contribution in [0.3, 0.4) is 0 Å². The van der Waals surface area contributed by atoms with E-state index >= 15 is 0 Å². The molecule has 0 aliphatic rings. The van der Waals surface area contributed by atoms with Gasteiger partial charge in [-0.1, -0.05) is 86.4 Å². The number of hydrogen-bond acceptors (Lipinski definition) is 4. The standard InChI is InChI=1S/C33H36GeNS.C15H28O2.Ir/c1-8-23(9-2)30-20-25(19-24-12-10-11-13-29(24)30)31-33-28(16-17-35-31)22(4)32(36-33)27-15-14-26(18-21(27)3)34(5,6)7;1-7-14(5,8-2)12(16)11-13(17)15(6,9-3)10-4;/h10-18,20,23H,8-9H2,1-7H3;11,16H,7-10H2,1-6H3;/q-1;;/b;12-11-;. The van der Waals surface area contributed by atoms with Crippen molar-refractivity contribution >= 4 is 55.6 Å². The zero-order chi connectivity index (χ0) is 39.3. The van der Waals surface area contributed by atoms with E-state index in [4.69, 9.17) is 4.98 Å². The van der Waals surface area contributed by atoms with E-state index in [9.17, 15) is 9.90 Å². The Morgan fingerprint density at radius 1 is 0.870 bits per heavy atom. The molecule has 0 atom stereocenters. The van der Waals surface area contributed by atoms with Crippen molar-refractivity contribution in [3.05, 3.63) is 95.4 Å². The molecule has 0 fully saturated rings. The van der Waals surface area contributed by atoms with Crippen molar-refractivity contribution in [3.8, 4) is 21.7 Å². The third-order valence-electron chi connectivity index (χ3n) is 12.3. The Balaban J connectivity index is 0.000000372. The molecule has 5 rings (SSSR count). The fourth-order valence-corrected chi connectivity index (χ4v) is 11.1. The molecule has 5 aromatic rings. The summed E-state index contributed by atoms with van der Waals surface area (Å²) in [7, 11) is 0. The molecule has 1 N–H and O–H groups in total. The molecule has 2 heterocycles. The molecule has 0 aliphatic carbocycles. The topological polar surface area (TPSA) is 50.2 Å². The third kappa shape index (κ3) is 9.68. The monoisotopic (exact) mass is 985 g/mol. The molecule has 6 heteroatoms. The van der Waals surface area contributed by atoms with E-state index in [0.717, 1.165) is 49.8 Å². The normalized spacial score (nSPS) is 12.5. The molecular formula is C48H64GeIrNO2S-. The van der Waals surface area contributed by atoms with Crippen molar-refractivity contribution in [1.29, 1.82) is 0 Å². The summed E-state index contributed by atoms with van der Waals surface area (Å²) in [5.74, 6) is 8.22. The first-order valence-electron chi connectivity index (χ1n) is 19.9. The van der Waals surface area contributed by atoms with Gasteiger partial charge in [0.15, 0.2) is 5.78 Å². The summed E-state index contributed by atoms with van der Waals surface area (Å²) >= 11 is 0.0273. The number of nitrogens with zero attached hydrogens (tertiary/aromatic N) is 1. The number of carbonyl (C=O) groups is 1. The molecule has 54 heavy (non-hydrogen) atoms. The summed E-state index contributed by atoms with van der Waals surface area (Å²) in [6, 6.07) is 24.2. The second-order valence-electron chi connectivity index (χ2n) is 16.5. The SMILES string of the molecule is CCC(C)(CC)C(=O)/C=C(\O)C(C)(CC)CC.CCC(CC)c1cc(-c2nccc3c(C)c(-c4cc[c]([Ge]([CH3])([CH3])[CH3])cc4C)sc23)[c-]c2ccccc12.[Ir]. The van der Waals surface area contributed by atoms with Crippen LogP contribution in [-0.4, -0.2) is 29.1 Å². The number of aliphatic hydroxyl groups is 1. The Morgan fingerprint density at radius 3 is 2.04 bits per heavy atom. The number of allylic oxidation sites excluding steroid dienone is 2. The van der Waals surface area contributed by atoms with Crippen LogP contribution in [0.25, 0.3) is 42.6 Å². The van der Waals surface area contributed by atoms with Crippen LogP contribution >= 0.6 is 11.3 Å². The maximum atomic E-state index is 12.2. The minimum absolute atomic E-state index is 0. The summed E-state index contributed by atoms with van der Waals surface area (Å²) in [6.07, 6.45) is 9.00. The molecule has 2 aromatic heterocycles. The number of benzene rings is 3. The van der Waals surface area contributed by atoms with Crippen molar-refractivity contribution in [3.63, 3.8) is 0 Å². The Bertz CT molecular complexity index is 2080. The number of rotatable bonds is 13. The van der Waals surface area contributed by atoms with Crippen LogP contribution in [0.4, 0.5) is 0 Å². The van der Waals surface area contributed by atoms with Gasteiger partial charge in [0.1, 0.15) is 5.76 Å². The maximum absolute atomic E-state index is 12.2. The number of aromatic nitrogens is 1. The molecule has 1 radical (unpaired) electrons. The Hall–Kier alpha value is -2.57. The number of aryl methyl sites for hydroxylation is 2. The number of pyridine rings is 1. The number of hydrogen-bond donors (Lipinski definition) is 1. The second-order valence-corrected chi connectivity index (χ2v) is 28.2. The summed E-state index contributed by atoms with van der Waals surface area (Å²) < 4.78 is 2.83. The molecule has 0 saturated carbocycles. The van der Waals surface area contributed by atoms with Crippen LogP contribution in [0.2, 0.25) is 17.3 Å².